The zero-order valence-corrected chi connectivity index (χ0v) is 12.1. The summed E-state index contributed by atoms with van der Waals surface area (Å²) in [5, 5.41) is 3.59. The average molecular weight is 231 g/mol. The molecule has 0 radical (unpaired) electrons. The zero-order valence-electron chi connectivity index (χ0n) is 12.1. The van der Waals surface area contributed by atoms with Crippen LogP contribution in [0, 0.1) is 0 Å². The molecule has 1 heterocycles. The lowest BCUT2D eigenvalue weighted by Crippen LogP contribution is -2.23. The van der Waals surface area contributed by atoms with Crippen molar-refractivity contribution in [3.63, 3.8) is 0 Å². The molecular formula is C16H25N. The summed E-state index contributed by atoms with van der Waals surface area (Å²) in [7, 11) is 0. The second-order valence-corrected chi connectivity index (χ2v) is 7.20. The van der Waals surface area contributed by atoms with Crippen LogP contribution < -0.4 is 5.32 Å². The van der Waals surface area contributed by atoms with Crippen molar-refractivity contribution in [2.45, 2.75) is 58.8 Å². The molecular weight excluding hydrogens is 206 g/mol. The number of nitrogens with one attached hydrogen (secondary N) is 1. The van der Waals surface area contributed by atoms with Crippen molar-refractivity contribution in [1.29, 1.82) is 0 Å². The topological polar surface area (TPSA) is 12.0 Å². The van der Waals surface area contributed by atoms with Crippen LogP contribution in [0.25, 0.3) is 0 Å². The van der Waals surface area contributed by atoms with Gasteiger partial charge in [0.15, 0.2) is 0 Å². The van der Waals surface area contributed by atoms with E-state index in [1.165, 1.54) is 28.8 Å². The molecule has 1 aromatic rings. The highest BCUT2D eigenvalue weighted by Gasteiger charge is 2.30. The van der Waals surface area contributed by atoms with Crippen LogP contribution >= 0.6 is 0 Å². The highest BCUT2D eigenvalue weighted by atomic mass is 14.9. The molecule has 1 aromatic carbocycles. The molecule has 2 rings (SSSR count). The van der Waals surface area contributed by atoms with Crippen LogP contribution in [0.4, 0.5) is 5.69 Å². The quantitative estimate of drug-likeness (QED) is 0.704. The third-order valence-corrected chi connectivity index (χ3v) is 3.55. The fourth-order valence-electron chi connectivity index (χ4n) is 2.78. The summed E-state index contributed by atoms with van der Waals surface area (Å²) in [4.78, 5) is 0. The number of anilines is 1. The number of hydrogen-bond acceptors (Lipinski definition) is 1. The lowest BCUT2D eigenvalue weighted by molar-refractivity contribution is 0.532. The molecule has 0 atom stereocenters. The van der Waals surface area contributed by atoms with Crippen molar-refractivity contribution in [3.8, 4) is 0 Å². The van der Waals surface area contributed by atoms with Gasteiger partial charge in [-0.15, -0.1) is 0 Å². The summed E-state index contributed by atoms with van der Waals surface area (Å²) in [6.07, 6.45) is 1.17. The maximum atomic E-state index is 3.59. The van der Waals surface area contributed by atoms with E-state index in [1.54, 1.807) is 0 Å². The maximum absolute atomic E-state index is 3.59. The highest BCUT2D eigenvalue weighted by Crippen LogP contribution is 2.41. The zero-order chi connectivity index (χ0) is 12.8. The third-order valence-electron chi connectivity index (χ3n) is 3.55. The summed E-state index contributed by atoms with van der Waals surface area (Å²) < 4.78 is 0. The van der Waals surface area contributed by atoms with E-state index in [0.717, 1.165) is 6.54 Å². The smallest absolute Gasteiger partial charge is 0.0414 e. The minimum atomic E-state index is 0.200. The summed E-state index contributed by atoms with van der Waals surface area (Å²) in [6.45, 7) is 15.0. The van der Waals surface area contributed by atoms with Crippen molar-refractivity contribution >= 4 is 5.69 Å². The monoisotopic (exact) mass is 231 g/mol. The highest BCUT2D eigenvalue weighted by molar-refractivity contribution is 5.66. The van der Waals surface area contributed by atoms with E-state index in [0.29, 0.717) is 0 Å². The fourth-order valence-corrected chi connectivity index (χ4v) is 2.78. The number of benzene rings is 1. The molecule has 0 amide bonds. The van der Waals surface area contributed by atoms with Crippen molar-refractivity contribution < 1.29 is 0 Å². The number of fused-ring (bicyclic) bond motifs is 1. The van der Waals surface area contributed by atoms with Gasteiger partial charge in [0, 0.05) is 12.2 Å². The van der Waals surface area contributed by atoms with Crippen LogP contribution in [0.3, 0.4) is 0 Å². The molecule has 0 aromatic heterocycles. The maximum Gasteiger partial charge on any atom is 0.0414 e. The molecule has 0 spiro atoms. The summed E-state index contributed by atoms with van der Waals surface area (Å²) in [5.41, 5.74) is 6.30. The Morgan fingerprint density at radius 1 is 0.941 bits per heavy atom. The van der Waals surface area contributed by atoms with E-state index in [2.05, 4.69) is 59.0 Å². The van der Waals surface area contributed by atoms with E-state index in [4.69, 9.17) is 0 Å². The van der Waals surface area contributed by atoms with Crippen LogP contribution in [0.15, 0.2) is 12.1 Å². The first kappa shape index (κ1) is 12.5. The minimum Gasteiger partial charge on any atom is -0.384 e. The van der Waals surface area contributed by atoms with E-state index < -0.39 is 0 Å². The SMILES string of the molecule is CC(C)(C)c1ccc2c(c1C(C)(C)C)NCC2. The molecule has 0 bridgehead atoms. The molecule has 0 aliphatic carbocycles. The first-order valence-electron chi connectivity index (χ1n) is 6.62. The van der Waals surface area contributed by atoms with Gasteiger partial charge in [-0.05, 0) is 33.9 Å². The molecule has 1 nitrogen and oxygen atoms in total. The van der Waals surface area contributed by atoms with Gasteiger partial charge in [0.2, 0.25) is 0 Å². The van der Waals surface area contributed by atoms with Gasteiger partial charge in [-0.25, -0.2) is 0 Å². The van der Waals surface area contributed by atoms with E-state index in [1.807, 2.05) is 0 Å². The Kier molecular flexibility index (Phi) is 2.76. The average Bonchev–Trinajstić information content (AvgIpc) is 2.59. The molecule has 0 fully saturated rings. The van der Waals surface area contributed by atoms with Crippen LogP contribution in [-0.2, 0) is 17.3 Å². The first-order chi connectivity index (χ1) is 7.71. The standard InChI is InChI=1S/C16H25N/c1-15(2,3)12-8-7-11-9-10-17-14(11)13(12)16(4,5)6/h7-8,17H,9-10H2,1-6H3. The molecule has 94 valence electrons. The van der Waals surface area contributed by atoms with Gasteiger partial charge < -0.3 is 5.32 Å². The summed E-state index contributed by atoms with van der Waals surface area (Å²) in [6, 6.07) is 4.65. The molecule has 1 heteroatoms. The normalized spacial score (nSPS) is 15.6. The Balaban J connectivity index is 2.70. The van der Waals surface area contributed by atoms with E-state index in [-0.39, 0.29) is 10.8 Å². The van der Waals surface area contributed by atoms with Gasteiger partial charge in [0.25, 0.3) is 0 Å². The number of rotatable bonds is 0. The molecule has 0 saturated heterocycles. The molecule has 0 saturated carbocycles. The third kappa shape index (κ3) is 2.20. The van der Waals surface area contributed by atoms with Gasteiger partial charge >= 0.3 is 0 Å². The minimum absolute atomic E-state index is 0.200. The van der Waals surface area contributed by atoms with Gasteiger partial charge in [-0.3, -0.25) is 0 Å². The first-order valence-corrected chi connectivity index (χ1v) is 6.62. The molecule has 17 heavy (non-hydrogen) atoms. The van der Waals surface area contributed by atoms with E-state index >= 15 is 0 Å². The predicted molar refractivity (Wildman–Crippen MR) is 76.0 cm³/mol. The summed E-state index contributed by atoms with van der Waals surface area (Å²) >= 11 is 0. The lowest BCUT2D eigenvalue weighted by Gasteiger charge is -2.32. The number of hydrogen-bond donors (Lipinski definition) is 1. The van der Waals surface area contributed by atoms with Crippen LogP contribution in [0.1, 0.15) is 58.2 Å². The predicted octanol–water partition coefficient (Wildman–Crippen LogP) is 4.25. The Bertz CT molecular complexity index is 430. The molecule has 1 N–H and O–H groups in total. The van der Waals surface area contributed by atoms with Gasteiger partial charge in [-0.2, -0.15) is 0 Å². The Labute approximate surface area is 106 Å². The van der Waals surface area contributed by atoms with Crippen LogP contribution in [0.5, 0.6) is 0 Å². The van der Waals surface area contributed by atoms with Gasteiger partial charge in [0.05, 0.1) is 0 Å². The largest absolute Gasteiger partial charge is 0.384 e. The van der Waals surface area contributed by atoms with Crippen LogP contribution in [0.2, 0.25) is 0 Å². The lowest BCUT2D eigenvalue weighted by atomic mass is 9.74. The summed E-state index contributed by atoms with van der Waals surface area (Å²) in [5.74, 6) is 0. The second-order valence-electron chi connectivity index (χ2n) is 7.20. The Morgan fingerprint density at radius 2 is 1.59 bits per heavy atom. The van der Waals surface area contributed by atoms with Gasteiger partial charge in [0.1, 0.15) is 0 Å². The Hall–Kier alpha value is -0.980. The fraction of sp³-hybridized carbons (Fsp3) is 0.625. The Morgan fingerprint density at radius 3 is 2.12 bits per heavy atom. The van der Waals surface area contributed by atoms with Crippen molar-refractivity contribution in [3.05, 3.63) is 28.8 Å². The molecule has 1 aliphatic rings. The molecule has 0 unspecified atom stereocenters. The van der Waals surface area contributed by atoms with Crippen LogP contribution in [-0.4, -0.2) is 6.54 Å². The van der Waals surface area contributed by atoms with Gasteiger partial charge in [-0.1, -0.05) is 53.7 Å². The molecule has 1 aliphatic heterocycles. The van der Waals surface area contributed by atoms with Crippen molar-refractivity contribution in [2.24, 2.45) is 0 Å². The second kappa shape index (κ2) is 3.76. The van der Waals surface area contributed by atoms with E-state index in [9.17, 15) is 0 Å². The van der Waals surface area contributed by atoms with Crippen molar-refractivity contribution in [2.75, 3.05) is 11.9 Å². The van der Waals surface area contributed by atoms with Crippen molar-refractivity contribution in [1.82, 2.24) is 0 Å².